The highest BCUT2D eigenvalue weighted by Crippen LogP contribution is 2.29. The number of rotatable bonds is 7. The smallest absolute Gasteiger partial charge is 0.242 e. The molecule has 11 heteroatoms. The third-order valence-electron chi connectivity index (χ3n) is 5.12. The molecule has 0 aliphatic carbocycles. The topological polar surface area (TPSA) is 104 Å². The number of nitrogens with zero attached hydrogens (tertiary/aromatic N) is 2. The first kappa shape index (κ1) is 23.7. The average Bonchev–Trinajstić information content (AvgIpc) is 2.96. The summed E-state index contributed by atoms with van der Waals surface area (Å²) in [6.45, 7) is 1.70. The second-order valence-corrected chi connectivity index (χ2v) is 11.7. The number of hydrogen-bond donors (Lipinski definition) is 1. The van der Waals surface area contributed by atoms with Gasteiger partial charge in [0.15, 0.2) is 0 Å². The van der Waals surface area contributed by atoms with Gasteiger partial charge in [-0.25, -0.2) is 25.9 Å². The fraction of sp³-hybridized carbons (Fsp3) is 0.350. The largest absolute Gasteiger partial charge is 0.301 e. The zero-order valence-electron chi connectivity index (χ0n) is 17.4. The highest BCUT2D eigenvalue weighted by atomic mass is 35.5. The van der Waals surface area contributed by atoms with Gasteiger partial charge in [0.25, 0.3) is 0 Å². The van der Waals surface area contributed by atoms with Crippen molar-refractivity contribution in [3.8, 4) is 0 Å². The molecule has 31 heavy (non-hydrogen) atoms. The van der Waals surface area contributed by atoms with Crippen LogP contribution < -0.4 is 9.03 Å². The Kier molecular flexibility index (Phi) is 6.78. The van der Waals surface area contributed by atoms with Crippen molar-refractivity contribution in [1.82, 2.24) is 9.62 Å². The number of carbonyl (C=O) groups excluding carboxylic acids is 1. The second kappa shape index (κ2) is 8.87. The molecular formula is C20H24ClN3O5S2. The summed E-state index contributed by atoms with van der Waals surface area (Å²) in [5.41, 5.74) is 1.35. The van der Waals surface area contributed by atoms with Crippen molar-refractivity contribution in [3.05, 3.63) is 58.6 Å². The lowest BCUT2D eigenvalue weighted by atomic mass is 10.1. The summed E-state index contributed by atoms with van der Waals surface area (Å²) in [5.74, 6) is -0.860. The number of carbonyl (C=O) groups is 1. The maximum atomic E-state index is 13.1. The first-order valence-corrected chi connectivity index (χ1v) is 13.0. The molecule has 0 bridgehead atoms. The van der Waals surface area contributed by atoms with Crippen molar-refractivity contribution in [2.24, 2.45) is 0 Å². The SMILES string of the molecule is Cc1ccc(N2C(=O)CCS2(=O)=O)cc1S(=O)(=O)NCC(c1ccc(Cl)cc1)N(C)C. The van der Waals surface area contributed by atoms with Crippen LogP contribution in [0.1, 0.15) is 23.6 Å². The van der Waals surface area contributed by atoms with Crippen LogP contribution in [0.15, 0.2) is 47.4 Å². The Morgan fingerprint density at radius 1 is 1.16 bits per heavy atom. The van der Waals surface area contributed by atoms with E-state index in [0.29, 0.717) is 14.9 Å². The zero-order valence-corrected chi connectivity index (χ0v) is 19.8. The highest BCUT2D eigenvalue weighted by molar-refractivity contribution is 7.94. The number of likely N-dealkylation sites (N-methyl/N-ethyl adjacent to an activating group) is 1. The molecule has 1 unspecified atom stereocenters. The molecule has 1 saturated heterocycles. The van der Waals surface area contributed by atoms with Gasteiger partial charge in [-0.05, 0) is 56.4 Å². The summed E-state index contributed by atoms with van der Waals surface area (Å²) in [6.07, 6.45) is -0.123. The molecule has 1 aliphatic rings. The summed E-state index contributed by atoms with van der Waals surface area (Å²) >= 11 is 5.95. The minimum absolute atomic E-state index is 0.0235. The van der Waals surface area contributed by atoms with E-state index in [1.165, 1.54) is 18.2 Å². The summed E-state index contributed by atoms with van der Waals surface area (Å²) in [4.78, 5) is 13.9. The number of benzene rings is 2. The summed E-state index contributed by atoms with van der Waals surface area (Å²) in [7, 11) is -4.09. The van der Waals surface area contributed by atoms with Crippen LogP contribution in [0.2, 0.25) is 5.02 Å². The molecule has 3 rings (SSSR count). The molecule has 168 valence electrons. The number of halogens is 1. The van der Waals surface area contributed by atoms with Gasteiger partial charge in [0.1, 0.15) is 0 Å². The van der Waals surface area contributed by atoms with Crippen molar-refractivity contribution >= 4 is 43.2 Å². The fourth-order valence-corrected chi connectivity index (χ4v) is 6.30. The lowest BCUT2D eigenvalue weighted by Gasteiger charge is -2.25. The maximum Gasteiger partial charge on any atom is 0.242 e. The highest BCUT2D eigenvalue weighted by Gasteiger charge is 2.37. The lowest BCUT2D eigenvalue weighted by molar-refractivity contribution is -0.116. The second-order valence-electron chi connectivity index (χ2n) is 7.56. The van der Waals surface area contributed by atoms with Crippen LogP contribution in [0.25, 0.3) is 0 Å². The fourth-order valence-electron chi connectivity index (χ4n) is 3.42. The van der Waals surface area contributed by atoms with Crippen LogP contribution in [0.3, 0.4) is 0 Å². The predicted molar refractivity (Wildman–Crippen MR) is 120 cm³/mol. The van der Waals surface area contributed by atoms with E-state index >= 15 is 0 Å². The number of sulfonamides is 2. The number of anilines is 1. The standard InChI is InChI=1S/C20H24ClN3O5S2/c1-14-4-9-17(24-20(25)10-11-30(24,26)27)12-19(14)31(28,29)22-13-18(23(2)3)15-5-7-16(21)8-6-15/h4-9,12,18,22H,10-11,13H2,1-3H3. The Hall–Kier alpha value is -1.98. The van der Waals surface area contributed by atoms with E-state index in [-0.39, 0.29) is 35.3 Å². The Labute approximate surface area is 187 Å². The van der Waals surface area contributed by atoms with Crippen molar-refractivity contribution in [2.45, 2.75) is 24.3 Å². The van der Waals surface area contributed by atoms with Gasteiger partial charge in [-0.1, -0.05) is 29.8 Å². The molecule has 2 aromatic rings. The van der Waals surface area contributed by atoms with Crippen LogP contribution >= 0.6 is 11.6 Å². The summed E-state index contributed by atoms with van der Waals surface area (Å²) in [6, 6.07) is 11.0. The van der Waals surface area contributed by atoms with Gasteiger partial charge < -0.3 is 4.90 Å². The normalized spacial score (nSPS) is 17.3. The number of amides is 1. The number of aryl methyl sites for hydroxylation is 1. The van der Waals surface area contributed by atoms with Gasteiger partial charge in [0, 0.05) is 24.0 Å². The predicted octanol–water partition coefficient (Wildman–Crippen LogP) is 2.30. The molecule has 1 aliphatic heterocycles. The monoisotopic (exact) mass is 485 g/mol. The van der Waals surface area contributed by atoms with E-state index in [2.05, 4.69) is 4.72 Å². The first-order valence-electron chi connectivity index (χ1n) is 9.50. The van der Waals surface area contributed by atoms with Crippen LogP contribution in [-0.2, 0) is 24.8 Å². The minimum Gasteiger partial charge on any atom is -0.301 e. The van der Waals surface area contributed by atoms with E-state index in [4.69, 9.17) is 11.6 Å². The van der Waals surface area contributed by atoms with Gasteiger partial charge in [0.05, 0.1) is 16.3 Å². The molecule has 2 aromatic carbocycles. The van der Waals surface area contributed by atoms with E-state index in [1.807, 2.05) is 31.1 Å². The van der Waals surface area contributed by atoms with E-state index in [0.717, 1.165) is 5.56 Å². The molecule has 0 saturated carbocycles. The van der Waals surface area contributed by atoms with Gasteiger partial charge in [-0.2, -0.15) is 0 Å². The molecule has 0 radical (unpaired) electrons. The van der Waals surface area contributed by atoms with Crippen molar-refractivity contribution in [1.29, 1.82) is 0 Å². The third-order valence-corrected chi connectivity index (χ3v) is 8.63. The Morgan fingerprint density at radius 3 is 2.35 bits per heavy atom. The van der Waals surface area contributed by atoms with Crippen molar-refractivity contribution in [3.63, 3.8) is 0 Å². The van der Waals surface area contributed by atoms with Crippen molar-refractivity contribution < 1.29 is 21.6 Å². The lowest BCUT2D eigenvalue weighted by Crippen LogP contribution is -2.35. The van der Waals surface area contributed by atoms with Gasteiger partial charge in [-0.15, -0.1) is 0 Å². The molecule has 0 spiro atoms. The molecule has 1 atom stereocenters. The average molecular weight is 486 g/mol. The van der Waals surface area contributed by atoms with E-state index in [9.17, 15) is 21.6 Å². The minimum atomic E-state index is -3.98. The molecule has 1 heterocycles. The molecule has 8 nitrogen and oxygen atoms in total. The van der Waals surface area contributed by atoms with Gasteiger partial charge >= 0.3 is 0 Å². The Balaban J connectivity index is 1.89. The van der Waals surface area contributed by atoms with E-state index < -0.39 is 26.0 Å². The van der Waals surface area contributed by atoms with Gasteiger partial charge in [-0.3, -0.25) is 4.79 Å². The van der Waals surface area contributed by atoms with Crippen molar-refractivity contribution in [2.75, 3.05) is 30.7 Å². The third kappa shape index (κ3) is 5.09. The van der Waals surface area contributed by atoms with Crippen LogP contribution in [0, 0.1) is 6.92 Å². The number of nitrogens with one attached hydrogen (secondary N) is 1. The maximum absolute atomic E-state index is 13.1. The molecule has 1 amide bonds. The Morgan fingerprint density at radius 2 is 1.81 bits per heavy atom. The van der Waals surface area contributed by atoms with Crippen LogP contribution in [-0.4, -0.2) is 54.0 Å². The first-order chi connectivity index (χ1) is 14.4. The van der Waals surface area contributed by atoms with E-state index in [1.54, 1.807) is 19.1 Å². The van der Waals surface area contributed by atoms with Gasteiger partial charge in [0.2, 0.25) is 26.0 Å². The summed E-state index contributed by atoms with van der Waals surface area (Å²) in [5, 5.41) is 0.584. The quantitative estimate of drug-likeness (QED) is 0.645. The van der Waals surface area contributed by atoms with Crippen LogP contribution in [0.5, 0.6) is 0 Å². The zero-order chi connectivity index (χ0) is 23.0. The molecular weight excluding hydrogens is 462 g/mol. The summed E-state index contributed by atoms with van der Waals surface area (Å²) < 4.78 is 53.9. The molecule has 1 N–H and O–H groups in total. The molecule has 0 aromatic heterocycles. The van der Waals surface area contributed by atoms with Crippen LogP contribution in [0.4, 0.5) is 5.69 Å². The Bertz CT molecular complexity index is 1200. The molecule has 1 fully saturated rings. The number of hydrogen-bond acceptors (Lipinski definition) is 6.